The lowest BCUT2D eigenvalue weighted by atomic mass is 10.2. The average molecular weight is 271 g/mol. The van der Waals surface area contributed by atoms with Crippen LogP contribution in [0.25, 0.3) is 11.1 Å². The molecule has 0 radical (unpaired) electrons. The maximum atomic E-state index is 5.52. The maximum Gasteiger partial charge on any atom is 0.192 e. The topological polar surface area (TPSA) is 41.3 Å². The van der Waals surface area contributed by atoms with Crippen LogP contribution in [0.15, 0.2) is 22.6 Å². The first-order chi connectivity index (χ1) is 9.69. The van der Waals surface area contributed by atoms with Crippen molar-refractivity contribution >= 4 is 16.8 Å². The Kier molecular flexibility index (Phi) is 2.74. The van der Waals surface area contributed by atoms with Crippen LogP contribution in [0, 0.1) is 6.92 Å². The highest BCUT2D eigenvalue weighted by Crippen LogP contribution is 2.34. The van der Waals surface area contributed by atoms with Gasteiger partial charge in [0.1, 0.15) is 5.52 Å². The lowest BCUT2D eigenvalue weighted by Gasteiger charge is -2.19. The third kappa shape index (κ3) is 2.18. The Morgan fingerprint density at radius 1 is 1.35 bits per heavy atom. The van der Waals surface area contributed by atoms with E-state index in [9.17, 15) is 0 Å². The molecule has 20 heavy (non-hydrogen) atoms. The summed E-state index contributed by atoms with van der Waals surface area (Å²) in [7, 11) is 0. The molecule has 106 valence electrons. The number of hydrogen-bond acceptors (Lipinski definition) is 4. The second-order valence-electron chi connectivity index (χ2n) is 6.27. The van der Waals surface area contributed by atoms with Crippen LogP contribution in [0.2, 0.25) is 0 Å². The molecule has 1 aromatic heterocycles. The summed E-state index contributed by atoms with van der Waals surface area (Å²) >= 11 is 0. The zero-order valence-electron chi connectivity index (χ0n) is 12.1. The van der Waals surface area contributed by atoms with Gasteiger partial charge in [0.05, 0.1) is 0 Å². The fourth-order valence-corrected chi connectivity index (χ4v) is 3.44. The van der Waals surface area contributed by atoms with Crippen LogP contribution < -0.4 is 5.32 Å². The Hall–Kier alpha value is -1.55. The van der Waals surface area contributed by atoms with Crippen LogP contribution in [0.5, 0.6) is 0 Å². The molecule has 0 spiro atoms. The van der Waals surface area contributed by atoms with Gasteiger partial charge in [-0.15, -0.1) is 0 Å². The summed E-state index contributed by atoms with van der Waals surface area (Å²) in [5.41, 5.74) is 2.96. The average Bonchev–Trinajstić information content (AvgIpc) is 3.08. The molecule has 1 N–H and O–H groups in total. The summed E-state index contributed by atoms with van der Waals surface area (Å²) in [6, 6.07) is 8.31. The Morgan fingerprint density at radius 2 is 2.20 bits per heavy atom. The molecule has 0 bridgehead atoms. The number of aromatic nitrogens is 1. The van der Waals surface area contributed by atoms with Crippen LogP contribution in [0.4, 0.5) is 5.69 Å². The molecule has 1 saturated carbocycles. The number of anilines is 1. The number of rotatable bonds is 3. The SMILES string of the molecule is Cc1nc2cc(NC3CC(C)N(C4CC4)C3)ccc2o1. The number of benzene rings is 1. The van der Waals surface area contributed by atoms with E-state index in [1.165, 1.54) is 25.8 Å². The third-order valence-corrected chi connectivity index (χ3v) is 4.50. The zero-order valence-corrected chi connectivity index (χ0v) is 12.1. The number of oxazole rings is 1. The normalized spacial score (nSPS) is 27.3. The van der Waals surface area contributed by atoms with E-state index in [1.54, 1.807) is 0 Å². The number of nitrogens with one attached hydrogen (secondary N) is 1. The second kappa shape index (κ2) is 4.48. The molecular formula is C16H21N3O. The van der Waals surface area contributed by atoms with Crippen molar-refractivity contribution in [1.29, 1.82) is 0 Å². The maximum absolute atomic E-state index is 5.52. The van der Waals surface area contributed by atoms with Gasteiger partial charge < -0.3 is 9.73 Å². The van der Waals surface area contributed by atoms with E-state index < -0.39 is 0 Å². The molecule has 2 fully saturated rings. The summed E-state index contributed by atoms with van der Waals surface area (Å²) in [5, 5.41) is 3.66. The van der Waals surface area contributed by atoms with Crippen molar-refractivity contribution in [2.45, 2.75) is 51.2 Å². The van der Waals surface area contributed by atoms with E-state index in [4.69, 9.17) is 4.42 Å². The fourth-order valence-electron chi connectivity index (χ4n) is 3.44. The molecule has 4 heteroatoms. The van der Waals surface area contributed by atoms with E-state index in [2.05, 4.69) is 34.3 Å². The number of fused-ring (bicyclic) bond motifs is 1. The van der Waals surface area contributed by atoms with Gasteiger partial charge in [0.25, 0.3) is 0 Å². The smallest absolute Gasteiger partial charge is 0.192 e. The standard InChI is InChI=1S/C16H21N3O/c1-10-7-13(9-19(10)14-4-5-14)18-12-3-6-16-15(8-12)17-11(2)20-16/h3,6,8,10,13-14,18H,4-5,7,9H2,1-2H3. The van der Waals surface area contributed by atoms with Gasteiger partial charge in [-0.1, -0.05) is 0 Å². The predicted molar refractivity (Wildman–Crippen MR) is 80.0 cm³/mol. The van der Waals surface area contributed by atoms with E-state index >= 15 is 0 Å². The fraction of sp³-hybridized carbons (Fsp3) is 0.562. The Bertz CT molecular complexity index is 632. The van der Waals surface area contributed by atoms with E-state index in [-0.39, 0.29) is 0 Å². The molecule has 2 aliphatic rings. The van der Waals surface area contributed by atoms with Gasteiger partial charge >= 0.3 is 0 Å². The molecule has 2 atom stereocenters. The van der Waals surface area contributed by atoms with Crippen LogP contribution in [0.1, 0.15) is 32.1 Å². The van der Waals surface area contributed by atoms with E-state index in [0.717, 1.165) is 28.7 Å². The van der Waals surface area contributed by atoms with Crippen LogP contribution >= 0.6 is 0 Å². The summed E-state index contributed by atoms with van der Waals surface area (Å²) < 4.78 is 5.52. The van der Waals surface area contributed by atoms with Gasteiger partial charge in [-0.05, 0) is 44.4 Å². The first-order valence-corrected chi connectivity index (χ1v) is 7.58. The quantitative estimate of drug-likeness (QED) is 0.931. The highest BCUT2D eigenvalue weighted by molar-refractivity contribution is 5.77. The number of aryl methyl sites for hydroxylation is 1. The molecule has 0 amide bonds. The third-order valence-electron chi connectivity index (χ3n) is 4.50. The summed E-state index contributed by atoms with van der Waals surface area (Å²) in [4.78, 5) is 7.06. The van der Waals surface area contributed by atoms with Gasteiger partial charge in [0, 0.05) is 37.3 Å². The predicted octanol–water partition coefficient (Wildman–Crippen LogP) is 3.17. The van der Waals surface area contributed by atoms with Crippen LogP contribution in [-0.4, -0.2) is 34.6 Å². The summed E-state index contributed by atoms with van der Waals surface area (Å²) in [6.45, 7) is 5.41. The minimum atomic E-state index is 0.552. The van der Waals surface area contributed by atoms with Crippen LogP contribution in [0.3, 0.4) is 0 Å². The highest BCUT2D eigenvalue weighted by Gasteiger charge is 2.38. The van der Waals surface area contributed by atoms with Crippen LogP contribution in [-0.2, 0) is 0 Å². The number of likely N-dealkylation sites (tertiary alicyclic amines) is 1. The molecule has 2 heterocycles. The molecule has 4 rings (SSSR count). The first-order valence-electron chi connectivity index (χ1n) is 7.58. The van der Waals surface area contributed by atoms with Gasteiger partial charge in [0.2, 0.25) is 0 Å². The molecule has 1 aromatic carbocycles. The minimum absolute atomic E-state index is 0.552. The van der Waals surface area contributed by atoms with E-state index in [1.807, 2.05) is 13.0 Å². The minimum Gasteiger partial charge on any atom is -0.441 e. The summed E-state index contributed by atoms with van der Waals surface area (Å²) in [6.07, 6.45) is 4.01. The first kappa shape index (κ1) is 12.2. The molecular weight excluding hydrogens is 250 g/mol. The Morgan fingerprint density at radius 3 is 3.00 bits per heavy atom. The van der Waals surface area contributed by atoms with Crippen molar-refractivity contribution in [2.75, 3.05) is 11.9 Å². The Balaban J connectivity index is 1.49. The molecule has 2 aromatic rings. The van der Waals surface area contributed by atoms with Crippen molar-refractivity contribution in [1.82, 2.24) is 9.88 Å². The largest absolute Gasteiger partial charge is 0.441 e. The molecule has 4 nitrogen and oxygen atoms in total. The number of nitrogens with zero attached hydrogens (tertiary/aromatic N) is 2. The lowest BCUT2D eigenvalue weighted by Crippen LogP contribution is -2.30. The van der Waals surface area contributed by atoms with Crippen molar-refractivity contribution in [2.24, 2.45) is 0 Å². The number of hydrogen-bond donors (Lipinski definition) is 1. The second-order valence-corrected chi connectivity index (χ2v) is 6.27. The summed E-state index contributed by atoms with van der Waals surface area (Å²) in [5.74, 6) is 0.728. The zero-order chi connectivity index (χ0) is 13.7. The lowest BCUT2D eigenvalue weighted by molar-refractivity contribution is 0.257. The van der Waals surface area contributed by atoms with Crippen molar-refractivity contribution in [3.63, 3.8) is 0 Å². The van der Waals surface area contributed by atoms with E-state index in [0.29, 0.717) is 12.1 Å². The Labute approximate surface area is 119 Å². The van der Waals surface area contributed by atoms with Gasteiger partial charge in [-0.2, -0.15) is 0 Å². The molecule has 1 saturated heterocycles. The van der Waals surface area contributed by atoms with Crippen molar-refractivity contribution in [3.05, 3.63) is 24.1 Å². The van der Waals surface area contributed by atoms with Gasteiger partial charge in [0.15, 0.2) is 11.5 Å². The highest BCUT2D eigenvalue weighted by atomic mass is 16.3. The van der Waals surface area contributed by atoms with Gasteiger partial charge in [-0.25, -0.2) is 4.98 Å². The van der Waals surface area contributed by atoms with Crippen molar-refractivity contribution < 1.29 is 4.42 Å². The molecule has 1 aliphatic carbocycles. The monoisotopic (exact) mass is 271 g/mol. The van der Waals surface area contributed by atoms with Crippen molar-refractivity contribution in [3.8, 4) is 0 Å². The molecule has 2 unspecified atom stereocenters. The van der Waals surface area contributed by atoms with Gasteiger partial charge in [-0.3, -0.25) is 4.90 Å². The molecule has 1 aliphatic heterocycles.